The maximum Gasteiger partial charge on any atom is 0.0928 e. The van der Waals surface area contributed by atoms with Crippen molar-refractivity contribution in [1.82, 2.24) is 9.97 Å². The second-order valence-electron chi connectivity index (χ2n) is 7.75. The van der Waals surface area contributed by atoms with Crippen LogP contribution in [0.5, 0.6) is 0 Å². The van der Waals surface area contributed by atoms with E-state index in [-0.39, 0.29) is 5.92 Å². The molecule has 29 heavy (non-hydrogen) atoms. The molecule has 0 aliphatic carbocycles. The maximum absolute atomic E-state index is 5.09. The molecule has 2 nitrogen and oxygen atoms in total. The molecular formula is C27H22N2. The predicted octanol–water partition coefficient (Wildman–Crippen LogP) is 7.24. The first-order chi connectivity index (χ1) is 14.2. The smallest absolute Gasteiger partial charge is 0.0928 e. The first kappa shape index (κ1) is 17.6. The van der Waals surface area contributed by atoms with Gasteiger partial charge >= 0.3 is 0 Å². The van der Waals surface area contributed by atoms with E-state index in [1.165, 1.54) is 21.9 Å². The molecule has 0 spiro atoms. The molecule has 2 heteroatoms. The van der Waals surface area contributed by atoms with Gasteiger partial charge in [-0.1, -0.05) is 86.6 Å². The Morgan fingerprint density at radius 2 is 1.14 bits per heavy atom. The van der Waals surface area contributed by atoms with Gasteiger partial charge in [-0.25, -0.2) is 9.97 Å². The van der Waals surface area contributed by atoms with Crippen LogP contribution in [-0.4, -0.2) is 9.97 Å². The molecule has 0 amide bonds. The summed E-state index contributed by atoms with van der Waals surface area (Å²) < 4.78 is 0. The normalized spacial score (nSPS) is 11.4. The standard InChI is InChI=1S/C27H22N2/c1-18(2)26-27(23-14-8-13-20(15-23)19-9-4-3-5-10-19)29-25-17-22-12-7-6-11-21(22)16-24(25)28-26/h3-18H,1-2H3. The summed E-state index contributed by atoms with van der Waals surface area (Å²) >= 11 is 0. The SMILES string of the molecule is CC(C)c1nc2cc3ccccc3cc2nc1-c1cccc(-c2ccccc2)c1. The van der Waals surface area contributed by atoms with E-state index in [4.69, 9.17) is 9.97 Å². The molecule has 0 aliphatic rings. The topological polar surface area (TPSA) is 25.8 Å². The van der Waals surface area contributed by atoms with Gasteiger partial charge in [0.2, 0.25) is 0 Å². The Kier molecular flexibility index (Phi) is 4.33. The van der Waals surface area contributed by atoms with Gasteiger partial charge < -0.3 is 0 Å². The largest absolute Gasteiger partial charge is 0.249 e. The van der Waals surface area contributed by atoms with E-state index >= 15 is 0 Å². The van der Waals surface area contributed by atoms with Crippen LogP contribution < -0.4 is 0 Å². The third-order valence-electron chi connectivity index (χ3n) is 5.35. The summed E-state index contributed by atoms with van der Waals surface area (Å²) in [5, 5.41) is 2.39. The number of benzene rings is 4. The van der Waals surface area contributed by atoms with Crippen molar-refractivity contribution in [2.45, 2.75) is 19.8 Å². The fourth-order valence-electron chi connectivity index (χ4n) is 3.85. The van der Waals surface area contributed by atoms with Gasteiger partial charge in [-0.05, 0) is 46.0 Å². The monoisotopic (exact) mass is 374 g/mol. The summed E-state index contributed by atoms with van der Waals surface area (Å²) in [6.45, 7) is 4.36. The molecule has 0 atom stereocenters. The molecule has 0 radical (unpaired) electrons. The Morgan fingerprint density at radius 1 is 0.552 bits per heavy atom. The lowest BCUT2D eigenvalue weighted by Gasteiger charge is -2.14. The third-order valence-corrected chi connectivity index (χ3v) is 5.35. The van der Waals surface area contributed by atoms with Gasteiger partial charge in [0.15, 0.2) is 0 Å². The van der Waals surface area contributed by atoms with Gasteiger partial charge in [0.1, 0.15) is 0 Å². The molecule has 0 N–H and O–H groups in total. The molecule has 1 heterocycles. The van der Waals surface area contributed by atoms with E-state index in [1.54, 1.807) is 0 Å². The molecule has 5 rings (SSSR count). The van der Waals surface area contributed by atoms with Crippen molar-refractivity contribution in [2.24, 2.45) is 0 Å². The van der Waals surface area contributed by atoms with E-state index in [2.05, 4.69) is 98.8 Å². The number of nitrogens with zero attached hydrogens (tertiary/aromatic N) is 2. The number of hydrogen-bond donors (Lipinski definition) is 0. The van der Waals surface area contributed by atoms with E-state index < -0.39 is 0 Å². The second-order valence-corrected chi connectivity index (χ2v) is 7.75. The van der Waals surface area contributed by atoms with Crippen LogP contribution in [0.15, 0.2) is 91.0 Å². The highest BCUT2D eigenvalue weighted by Gasteiger charge is 2.15. The fourth-order valence-corrected chi connectivity index (χ4v) is 3.85. The Hall–Kier alpha value is -3.52. The molecule has 0 fully saturated rings. The molecule has 0 aliphatic heterocycles. The lowest BCUT2D eigenvalue weighted by Crippen LogP contribution is -2.01. The quantitative estimate of drug-likeness (QED) is 0.311. The van der Waals surface area contributed by atoms with Gasteiger partial charge in [0, 0.05) is 5.56 Å². The van der Waals surface area contributed by atoms with Gasteiger partial charge in [0.25, 0.3) is 0 Å². The lowest BCUT2D eigenvalue weighted by molar-refractivity contribution is 0.826. The average molecular weight is 374 g/mol. The molecular weight excluding hydrogens is 352 g/mol. The molecule has 4 aromatic carbocycles. The lowest BCUT2D eigenvalue weighted by atomic mass is 9.97. The van der Waals surface area contributed by atoms with Crippen molar-refractivity contribution in [1.29, 1.82) is 0 Å². The van der Waals surface area contributed by atoms with Crippen molar-refractivity contribution in [3.63, 3.8) is 0 Å². The zero-order valence-corrected chi connectivity index (χ0v) is 16.6. The Bertz CT molecular complexity index is 1320. The highest BCUT2D eigenvalue weighted by molar-refractivity contribution is 5.95. The van der Waals surface area contributed by atoms with Gasteiger partial charge in [-0.15, -0.1) is 0 Å². The summed E-state index contributed by atoms with van der Waals surface area (Å²) in [4.78, 5) is 10.1. The van der Waals surface area contributed by atoms with Crippen LogP contribution in [0.1, 0.15) is 25.5 Å². The number of aromatic nitrogens is 2. The molecule has 0 bridgehead atoms. The van der Waals surface area contributed by atoms with Crippen molar-refractivity contribution < 1.29 is 0 Å². The highest BCUT2D eigenvalue weighted by atomic mass is 14.8. The third kappa shape index (κ3) is 3.27. The zero-order valence-electron chi connectivity index (χ0n) is 16.6. The van der Waals surface area contributed by atoms with Gasteiger partial charge in [-0.3, -0.25) is 0 Å². The Balaban J connectivity index is 1.73. The molecule has 0 unspecified atom stereocenters. The predicted molar refractivity (Wildman–Crippen MR) is 122 cm³/mol. The van der Waals surface area contributed by atoms with Crippen molar-refractivity contribution in [2.75, 3.05) is 0 Å². The summed E-state index contributed by atoms with van der Waals surface area (Å²) in [6.07, 6.45) is 0. The molecule has 5 aromatic rings. The molecule has 0 saturated carbocycles. The van der Waals surface area contributed by atoms with Crippen molar-refractivity contribution in [3.05, 3.63) is 96.7 Å². The van der Waals surface area contributed by atoms with Crippen LogP contribution in [0.4, 0.5) is 0 Å². The van der Waals surface area contributed by atoms with Crippen LogP contribution in [0, 0.1) is 0 Å². The van der Waals surface area contributed by atoms with Crippen molar-refractivity contribution >= 4 is 21.8 Å². The molecule has 140 valence electrons. The number of rotatable bonds is 3. The minimum absolute atomic E-state index is 0.286. The van der Waals surface area contributed by atoms with E-state index in [9.17, 15) is 0 Å². The highest BCUT2D eigenvalue weighted by Crippen LogP contribution is 2.32. The van der Waals surface area contributed by atoms with E-state index in [1.807, 2.05) is 6.07 Å². The van der Waals surface area contributed by atoms with E-state index in [0.29, 0.717) is 0 Å². The van der Waals surface area contributed by atoms with Crippen LogP contribution in [0.3, 0.4) is 0 Å². The van der Waals surface area contributed by atoms with Crippen LogP contribution in [0.25, 0.3) is 44.2 Å². The fraction of sp³-hybridized carbons (Fsp3) is 0.111. The minimum atomic E-state index is 0.286. The summed E-state index contributed by atoms with van der Waals surface area (Å²) in [7, 11) is 0. The van der Waals surface area contributed by atoms with Crippen LogP contribution in [-0.2, 0) is 0 Å². The van der Waals surface area contributed by atoms with Crippen molar-refractivity contribution in [3.8, 4) is 22.4 Å². The summed E-state index contributed by atoms with van der Waals surface area (Å²) in [5.41, 5.74) is 7.41. The van der Waals surface area contributed by atoms with E-state index in [0.717, 1.165) is 28.0 Å². The number of hydrogen-bond acceptors (Lipinski definition) is 2. The second kappa shape index (κ2) is 7.14. The van der Waals surface area contributed by atoms with Gasteiger partial charge in [0.05, 0.1) is 22.4 Å². The first-order valence-corrected chi connectivity index (χ1v) is 10.1. The molecule has 0 saturated heterocycles. The maximum atomic E-state index is 5.09. The van der Waals surface area contributed by atoms with Crippen LogP contribution in [0.2, 0.25) is 0 Å². The Morgan fingerprint density at radius 3 is 1.83 bits per heavy atom. The van der Waals surface area contributed by atoms with Crippen LogP contribution >= 0.6 is 0 Å². The zero-order chi connectivity index (χ0) is 19.8. The minimum Gasteiger partial charge on any atom is -0.249 e. The Labute approximate surface area is 170 Å². The van der Waals surface area contributed by atoms with Gasteiger partial charge in [-0.2, -0.15) is 0 Å². The number of fused-ring (bicyclic) bond motifs is 2. The molecule has 1 aromatic heterocycles. The first-order valence-electron chi connectivity index (χ1n) is 10.1. The summed E-state index contributed by atoms with van der Waals surface area (Å²) in [6, 6.07) is 31.8. The average Bonchev–Trinajstić information content (AvgIpc) is 2.77. The summed E-state index contributed by atoms with van der Waals surface area (Å²) in [5.74, 6) is 0.286.